The molecule has 6 aliphatic carbocycles. The van der Waals surface area contributed by atoms with Gasteiger partial charge in [-0.25, -0.2) is 28.8 Å². The molecule has 6 atom stereocenters. The van der Waals surface area contributed by atoms with Crippen LogP contribution in [-0.2, 0) is 79.6 Å². The second kappa shape index (κ2) is 38.2. The molecule has 0 aliphatic heterocycles. The number of carbonyl (C=O) groups is 6. The fourth-order valence-corrected chi connectivity index (χ4v) is 21.2. The molecule has 143 heavy (non-hydrogen) atoms. The summed E-state index contributed by atoms with van der Waals surface area (Å²) in [4.78, 5) is 73.5. The molecule has 0 radical (unpaired) electrons. The van der Waals surface area contributed by atoms with E-state index in [1.807, 2.05) is 197 Å². The van der Waals surface area contributed by atoms with Crippen LogP contribution in [-0.4, -0.2) is 35.8 Å². The highest BCUT2D eigenvalue weighted by Gasteiger charge is 2.50. The first-order valence-corrected chi connectivity index (χ1v) is 48.0. The SMILES string of the molecule is C=C(C)C(=O)OC1(C)c2ccccc2-c2c1ccc1ccccc21.C=C(C)C(=O)OC1(C)c2ccccc2-c2cc3ccccc3cc21.C=C(C)C(=O)OC1(C)c2ccccc2-c2ccc3ccccc3c21.C=C(C)C(=O)OC1(CC)c2ccccc2-c2ccc3ccccc3c21.C=C(C)C(=O)OC1c2ccccc2-c2c1ccc1ccccc21.C=C(C)C(=O)OC1c2ccccc2-c2cc3ccccc3cc21. The Hall–Kier alpha value is -17.2. The van der Waals surface area contributed by atoms with Crippen molar-refractivity contribution in [2.45, 2.75) is 110 Å². The molecule has 0 heterocycles. The smallest absolute Gasteiger partial charge is 0.334 e. The van der Waals surface area contributed by atoms with E-state index in [-0.39, 0.29) is 48.0 Å². The number of hydrogen-bond acceptors (Lipinski definition) is 12. The van der Waals surface area contributed by atoms with Crippen LogP contribution < -0.4 is 0 Å². The Balaban J connectivity index is 0.000000109. The summed E-state index contributed by atoms with van der Waals surface area (Å²) in [5.74, 6) is -2.16. The van der Waals surface area contributed by atoms with Gasteiger partial charge in [0.15, 0.2) is 34.6 Å². The summed E-state index contributed by atoms with van der Waals surface area (Å²) in [6, 6.07) is 124. The van der Waals surface area contributed by atoms with Gasteiger partial charge in [-0.1, -0.05) is 386 Å². The molecule has 0 saturated carbocycles. The van der Waals surface area contributed by atoms with Gasteiger partial charge in [0.05, 0.1) is 0 Å². The van der Waals surface area contributed by atoms with Crippen molar-refractivity contribution in [3.63, 3.8) is 0 Å². The normalized spacial score (nSPS) is 17.1. The third-order valence-corrected chi connectivity index (χ3v) is 28.1. The standard InChI is InChI=1S/C23H20O2.3C22H18O2.2C21H16O2/c1-4-23(25-22(24)15(2)3)20-12-8-7-11-18(20)19-14-13-16-9-5-6-10-17(16)21(19)23;1-14(2)21(23)24-22(3)19-11-7-6-10-17(19)18-12-15-8-4-5-9-16(15)13-20(18)22;1-14(2)21(23)24-22(3)19-11-7-6-10-17(19)18-13-12-15-8-4-5-9-16(15)20(18)22;1-14(2)21(23)24-22(3)18-11-7-6-10-17(18)20-16-9-5-4-8-15(16)12-13-19(20)22;1-13(2)21(22)23-20-17-10-6-5-9-16(17)18-11-14-7-3-4-8-15(14)12-19(18)20;1-13(2)21(22)23-20-17-10-6-5-9-16(17)19-15-8-4-3-7-14(15)11-12-18(19)20/h5-14H,2,4H2,1,3H3;3*4-13H,1H2,2-3H3;2*3-12,20H,1H2,2H3. The second-order valence-electron chi connectivity index (χ2n) is 37.9. The number of esters is 6. The maximum absolute atomic E-state index is 12.5. The average molecular weight is 1870 g/mol. The quantitative estimate of drug-likeness (QED) is 0.0612. The fraction of sp³-hybridized carbons (Fsp3) is 0.130. The topological polar surface area (TPSA) is 158 Å². The molecule has 12 nitrogen and oxygen atoms in total. The van der Waals surface area contributed by atoms with E-state index in [1.165, 1.54) is 37.9 Å². The molecule has 0 spiro atoms. The zero-order valence-corrected chi connectivity index (χ0v) is 81.6. The van der Waals surface area contributed by atoms with Crippen LogP contribution in [0.4, 0.5) is 0 Å². The van der Waals surface area contributed by atoms with Crippen LogP contribution in [0.15, 0.2) is 437 Å². The average Bonchev–Trinajstić information content (AvgIpc) is 1.54. The minimum absolute atomic E-state index is 0.350. The Morgan fingerprint density at radius 2 is 0.552 bits per heavy atom. The van der Waals surface area contributed by atoms with Crippen molar-refractivity contribution in [3.8, 4) is 66.8 Å². The molecule has 12 heteroatoms. The van der Waals surface area contributed by atoms with E-state index < -0.39 is 22.4 Å². The minimum Gasteiger partial charge on any atom is -0.449 e. The van der Waals surface area contributed by atoms with Crippen molar-refractivity contribution in [2.75, 3.05) is 0 Å². The van der Waals surface area contributed by atoms with Crippen molar-refractivity contribution in [1.29, 1.82) is 0 Å². The van der Waals surface area contributed by atoms with Gasteiger partial charge in [0.1, 0.15) is 0 Å². The summed E-state index contributed by atoms with van der Waals surface area (Å²) < 4.78 is 35.4. The number of rotatable bonds is 13. The number of hydrogen-bond donors (Lipinski definition) is 0. The molecule has 6 aliphatic rings. The lowest BCUT2D eigenvalue weighted by Gasteiger charge is -2.31. The highest BCUT2D eigenvalue weighted by atomic mass is 16.6. The van der Waals surface area contributed by atoms with E-state index in [1.54, 1.807) is 41.5 Å². The van der Waals surface area contributed by atoms with Crippen LogP contribution in [0, 0.1) is 0 Å². The van der Waals surface area contributed by atoms with Crippen LogP contribution in [0.2, 0.25) is 0 Å². The first-order valence-electron chi connectivity index (χ1n) is 48.0. The summed E-state index contributed by atoms with van der Waals surface area (Å²) in [5.41, 5.74) is 25.4. The molecule has 0 N–H and O–H groups in total. The van der Waals surface area contributed by atoms with E-state index in [9.17, 15) is 28.8 Å². The molecule has 6 unspecified atom stereocenters. The highest BCUT2D eigenvalue weighted by molar-refractivity contribution is 6.07. The van der Waals surface area contributed by atoms with E-state index >= 15 is 0 Å². The molecule has 24 rings (SSSR count). The van der Waals surface area contributed by atoms with Gasteiger partial charge in [-0.05, 0) is 224 Å². The van der Waals surface area contributed by atoms with Gasteiger partial charge < -0.3 is 28.4 Å². The Morgan fingerprint density at radius 3 is 1.06 bits per heavy atom. The fourth-order valence-electron chi connectivity index (χ4n) is 21.2. The summed E-state index contributed by atoms with van der Waals surface area (Å²) in [6.07, 6.45) is -0.0608. The zero-order chi connectivity index (χ0) is 100. The molecule has 702 valence electrons. The van der Waals surface area contributed by atoms with Crippen LogP contribution in [0.1, 0.15) is 155 Å². The van der Waals surface area contributed by atoms with Crippen LogP contribution in [0.5, 0.6) is 0 Å². The molecule has 0 amide bonds. The molecule has 18 aromatic carbocycles. The number of benzene rings is 18. The Morgan fingerprint density at radius 1 is 0.231 bits per heavy atom. The first-order chi connectivity index (χ1) is 68.9. The van der Waals surface area contributed by atoms with Crippen molar-refractivity contribution in [2.24, 2.45) is 0 Å². The molecule has 18 aromatic rings. The Bertz CT molecular complexity index is 8360. The van der Waals surface area contributed by atoms with Crippen molar-refractivity contribution in [1.82, 2.24) is 0 Å². The molecular weight excluding hydrogens is 1770 g/mol. The predicted molar refractivity (Wildman–Crippen MR) is 576 cm³/mol. The summed E-state index contributed by atoms with van der Waals surface area (Å²) in [6.45, 7) is 40.3. The maximum atomic E-state index is 12.5. The van der Waals surface area contributed by atoms with Crippen LogP contribution in [0.3, 0.4) is 0 Å². The molecule has 0 aromatic heterocycles. The van der Waals surface area contributed by atoms with E-state index in [2.05, 4.69) is 234 Å². The van der Waals surface area contributed by atoms with E-state index in [0.717, 1.165) is 160 Å². The predicted octanol–water partition coefficient (Wildman–Crippen LogP) is 31.3. The first kappa shape index (κ1) is 94.7. The lowest BCUT2D eigenvalue weighted by Crippen LogP contribution is -2.31. The molecule has 0 saturated heterocycles. The highest BCUT2D eigenvalue weighted by Crippen LogP contribution is 2.59. The molecular formula is C131H106O12. The van der Waals surface area contributed by atoms with Gasteiger partial charge >= 0.3 is 35.8 Å². The second-order valence-corrected chi connectivity index (χ2v) is 37.9. The summed E-state index contributed by atoms with van der Waals surface area (Å²) in [5, 5.41) is 13.9. The van der Waals surface area contributed by atoms with Crippen molar-refractivity contribution >= 4 is 100 Å². The molecule has 0 bridgehead atoms. The minimum atomic E-state index is -0.817. The summed E-state index contributed by atoms with van der Waals surface area (Å²) >= 11 is 0. The lowest BCUT2D eigenvalue weighted by atomic mass is 9.85. The van der Waals surface area contributed by atoms with Gasteiger partial charge in [-0.2, -0.15) is 0 Å². The summed E-state index contributed by atoms with van der Waals surface area (Å²) in [7, 11) is 0. The maximum Gasteiger partial charge on any atom is 0.334 e. The van der Waals surface area contributed by atoms with Crippen molar-refractivity contribution in [3.05, 3.63) is 504 Å². The zero-order valence-electron chi connectivity index (χ0n) is 81.6. The largest absolute Gasteiger partial charge is 0.449 e. The third-order valence-electron chi connectivity index (χ3n) is 28.1. The lowest BCUT2D eigenvalue weighted by molar-refractivity contribution is -0.152. The number of carbonyl (C=O) groups excluding carboxylic acids is 6. The Labute approximate surface area is 832 Å². The number of fused-ring (bicyclic) bond motifs is 28. The number of ether oxygens (including phenoxy) is 6. The van der Waals surface area contributed by atoms with Gasteiger partial charge in [-0.15, -0.1) is 0 Å². The molecule has 0 fully saturated rings. The van der Waals surface area contributed by atoms with Crippen LogP contribution in [0.25, 0.3) is 131 Å². The monoisotopic (exact) mass is 1870 g/mol. The van der Waals surface area contributed by atoms with Gasteiger partial charge in [-0.3, -0.25) is 0 Å². The van der Waals surface area contributed by atoms with E-state index in [0.29, 0.717) is 39.9 Å². The van der Waals surface area contributed by atoms with E-state index in [4.69, 9.17) is 28.4 Å². The Kier molecular flexibility index (Phi) is 25.3. The van der Waals surface area contributed by atoms with Crippen molar-refractivity contribution < 1.29 is 57.2 Å². The third kappa shape index (κ3) is 16.9. The van der Waals surface area contributed by atoms with Gasteiger partial charge in [0.25, 0.3) is 0 Å². The van der Waals surface area contributed by atoms with Crippen LogP contribution >= 0.6 is 0 Å². The van der Waals surface area contributed by atoms with Gasteiger partial charge in [0.2, 0.25) is 0 Å². The van der Waals surface area contributed by atoms with Gasteiger partial charge in [0, 0.05) is 100 Å².